The van der Waals surface area contributed by atoms with E-state index in [0.29, 0.717) is 11.4 Å². The summed E-state index contributed by atoms with van der Waals surface area (Å²) in [4.78, 5) is 12.0. The molecule has 0 radical (unpaired) electrons. The number of hydrogen-bond donors (Lipinski definition) is 3. The number of ether oxygens (including phenoxy) is 1. The summed E-state index contributed by atoms with van der Waals surface area (Å²) in [5.41, 5.74) is 4.52. The zero-order valence-corrected chi connectivity index (χ0v) is 14.3. The maximum Gasteiger partial charge on any atom is 0.418 e. The van der Waals surface area contributed by atoms with Gasteiger partial charge in [-0.1, -0.05) is 17.7 Å². The van der Waals surface area contributed by atoms with Crippen LogP contribution in [-0.2, 0) is 11.0 Å². The Bertz CT molecular complexity index is 875. The third kappa shape index (κ3) is 4.80. The zero-order chi connectivity index (χ0) is 19.4. The van der Waals surface area contributed by atoms with Gasteiger partial charge in [0.15, 0.2) is 6.61 Å². The number of anilines is 2. The molecule has 3 rings (SSSR count). The molecule has 1 heterocycles. The van der Waals surface area contributed by atoms with Crippen molar-refractivity contribution in [3.05, 3.63) is 53.1 Å². The van der Waals surface area contributed by atoms with Gasteiger partial charge in [-0.05, 0) is 30.3 Å². The molecule has 0 bridgehead atoms. The van der Waals surface area contributed by atoms with Crippen LogP contribution in [0.25, 0.3) is 0 Å². The smallest absolute Gasteiger partial charge is 0.418 e. The Balaban J connectivity index is 1.64. The van der Waals surface area contributed by atoms with E-state index < -0.39 is 29.9 Å². The van der Waals surface area contributed by atoms with Crippen LogP contribution in [0.15, 0.2) is 47.6 Å². The van der Waals surface area contributed by atoms with Gasteiger partial charge in [-0.15, -0.1) is 5.53 Å². The van der Waals surface area contributed by atoms with Crippen molar-refractivity contribution in [1.82, 2.24) is 11.1 Å². The van der Waals surface area contributed by atoms with Crippen molar-refractivity contribution in [2.75, 3.05) is 16.9 Å². The maximum absolute atomic E-state index is 13.1. The van der Waals surface area contributed by atoms with Crippen molar-refractivity contribution in [1.29, 1.82) is 0 Å². The Kier molecular flexibility index (Phi) is 5.38. The molecule has 0 atom stereocenters. The van der Waals surface area contributed by atoms with Crippen LogP contribution in [0.3, 0.4) is 0 Å². The molecule has 3 N–H and O–H groups in total. The lowest BCUT2D eigenvalue weighted by Gasteiger charge is -2.16. The third-order valence-corrected chi connectivity index (χ3v) is 3.67. The Morgan fingerprint density at radius 1 is 1.26 bits per heavy atom. The Morgan fingerprint density at radius 2 is 2.07 bits per heavy atom. The highest BCUT2D eigenvalue weighted by Crippen LogP contribution is 2.36. The van der Waals surface area contributed by atoms with E-state index in [-0.39, 0.29) is 5.02 Å². The topological polar surface area (TPSA) is 78.0 Å². The van der Waals surface area contributed by atoms with E-state index in [4.69, 9.17) is 16.3 Å². The highest BCUT2D eigenvalue weighted by molar-refractivity contribution is 6.30. The standard InChI is InChI=1S/C16H13ClF3N5O2/c17-10-4-5-14(13(6-10)16(18,19)20)22-15(26)8-27-12-3-1-2-11(7-12)25-9-21-23-24-25/h1-7,9,23-24H,8H2,(H,22,26). The Labute approximate surface area is 156 Å². The third-order valence-electron chi connectivity index (χ3n) is 3.44. The molecular formula is C16H13ClF3N5O2. The number of rotatable bonds is 5. The number of amides is 1. The van der Waals surface area contributed by atoms with Crippen LogP contribution in [0, 0.1) is 0 Å². The first-order chi connectivity index (χ1) is 12.8. The fourth-order valence-electron chi connectivity index (χ4n) is 2.25. The number of hydrazone groups is 1. The van der Waals surface area contributed by atoms with Crippen LogP contribution in [0.5, 0.6) is 5.75 Å². The summed E-state index contributed by atoms with van der Waals surface area (Å²) in [5, 5.41) is 7.43. The first kappa shape index (κ1) is 18.8. The predicted molar refractivity (Wildman–Crippen MR) is 94.3 cm³/mol. The summed E-state index contributed by atoms with van der Waals surface area (Å²) in [6.45, 7) is -0.469. The SMILES string of the molecule is O=C(COc1cccc(N2C=NNN2)c1)Nc1ccc(Cl)cc1C(F)(F)F. The summed E-state index contributed by atoms with van der Waals surface area (Å²) >= 11 is 5.61. The predicted octanol–water partition coefficient (Wildman–Crippen LogP) is 3.15. The Hall–Kier alpha value is -2.98. The lowest BCUT2D eigenvalue weighted by molar-refractivity contribution is -0.137. The van der Waals surface area contributed by atoms with Crippen LogP contribution in [0.2, 0.25) is 5.02 Å². The molecule has 1 amide bonds. The molecule has 0 aromatic heterocycles. The summed E-state index contributed by atoms with van der Waals surface area (Å²) in [6, 6.07) is 9.80. The minimum atomic E-state index is -4.65. The van der Waals surface area contributed by atoms with Gasteiger partial charge in [-0.25, -0.2) is 10.5 Å². The van der Waals surface area contributed by atoms with Gasteiger partial charge in [0.25, 0.3) is 5.91 Å². The van der Waals surface area contributed by atoms with E-state index in [1.54, 1.807) is 29.3 Å². The van der Waals surface area contributed by atoms with E-state index >= 15 is 0 Å². The van der Waals surface area contributed by atoms with Gasteiger partial charge < -0.3 is 10.1 Å². The summed E-state index contributed by atoms with van der Waals surface area (Å²) in [5.74, 6) is -0.382. The second kappa shape index (κ2) is 7.72. The molecule has 1 aliphatic heterocycles. The molecule has 0 spiro atoms. The van der Waals surface area contributed by atoms with Crippen molar-refractivity contribution >= 4 is 35.2 Å². The fraction of sp³-hybridized carbons (Fsp3) is 0.125. The zero-order valence-electron chi connectivity index (χ0n) is 13.5. The van der Waals surface area contributed by atoms with E-state index in [1.165, 1.54) is 12.4 Å². The minimum Gasteiger partial charge on any atom is -0.484 e. The van der Waals surface area contributed by atoms with Crippen LogP contribution in [-0.4, -0.2) is 18.9 Å². The van der Waals surface area contributed by atoms with Gasteiger partial charge in [0.05, 0.1) is 16.9 Å². The first-order valence-electron chi connectivity index (χ1n) is 7.55. The molecular weight excluding hydrogens is 387 g/mol. The Morgan fingerprint density at radius 3 is 2.78 bits per heavy atom. The van der Waals surface area contributed by atoms with Crippen LogP contribution < -0.4 is 26.1 Å². The number of halogens is 4. The first-order valence-corrected chi connectivity index (χ1v) is 7.93. The van der Waals surface area contributed by atoms with Crippen molar-refractivity contribution in [2.45, 2.75) is 6.18 Å². The number of benzene rings is 2. The van der Waals surface area contributed by atoms with Gasteiger partial charge >= 0.3 is 6.18 Å². The van der Waals surface area contributed by atoms with E-state index in [1.807, 2.05) is 0 Å². The molecule has 11 heteroatoms. The number of hydrazine groups is 2. The second-order valence-corrected chi connectivity index (χ2v) is 5.80. The molecule has 2 aromatic rings. The molecule has 0 aliphatic carbocycles. The average Bonchev–Trinajstić information content (AvgIpc) is 3.16. The highest BCUT2D eigenvalue weighted by Gasteiger charge is 2.34. The quantitative estimate of drug-likeness (QED) is 0.720. The van der Waals surface area contributed by atoms with Gasteiger partial charge in [0.1, 0.15) is 12.1 Å². The van der Waals surface area contributed by atoms with Crippen molar-refractivity contribution < 1.29 is 22.7 Å². The van der Waals surface area contributed by atoms with Crippen LogP contribution >= 0.6 is 11.6 Å². The summed E-state index contributed by atoms with van der Waals surface area (Å²) in [7, 11) is 0. The number of nitrogens with zero attached hydrogens (tertiary/aromatic N) is 2. The second-order valence-electron chi connectivity index (χ2n) is 5.36. The number of carbonyl (C=O) groups is 1. The fourth-order valence-corrected chi connectivity index (χ4v) is 2.42. The minimum absolute atomic E-state index is 0.0815. The van der Waals surface area contributed by atoms with Gasteiger partial charge in [0, 0.05) is 11.1 Å². The lowest BCUT2D eigenvalue weighted by Crippen LogP contribution is -2.37. The molecule has 0 fully saturated rings. The van der Waals surface area contributed by atoms with Crippen LogP contribution in [0.4, 0.5) is 24.5 Å². The molecule has 142 valence electrons. The highest BCUT2D eigenvalue weighted by atomic mass is 35.5. The number of carbonyl (C=O) groups excluding carboxylic acids is 1. The number of hydrogen-bond acceptors (Lipinski definition) is 6. The largest absolute Gasteiger partial charge is 0.484 e. The number of alkyl halides is 3. The lowest BCUT2D eigenvalue weighted by atomic mass is 10.1. The molecule has 2 aromatic carbocycles. The van der Waals surface area contributed by atoms with Crippen molar-refractivity contribution in [3.63, 3.8) is 0 Å². The van der Waals surface area contributed by atoms with E-state index in [0.717, 1.165) is 12.1 Å². The van der Waals surface area contributed by atoms with E-state index in [9.17, 15) is 18.0 Å². The normalized spacial score (nSPS) is 13.4. The monoisotopic (exact) mass is 399 g/mol. The van der Waals surface area contributed by atoms with Crippen LogP contribution in [0.1, 0.15) is 5.56 Å². The maximum atomic E-state index is 13.1. The van der Waals surface area contributed by atoms with Gasteiger partial charge in [0.2, 0.25) is 0 Å². The van der Waals surface area contributed by atoms with Crippen molar-refractivity contribution in [3.8, 4) is 5.75 Å². The van der Waals surface area contributed by atoms with E-state index in [2.05, 4.69) is 21.5 Å². The molecule has 1 aliphatic rings. The molecule has 0 saturated heterocycles. The summed E-state index contributed by atoms with van der Waals surface area (Å²) < 4.78 is 44.5. The molecule has 0 unspecified atom stereocenters. The van der Waals surface area contributed by atoms with Gasteiger partial charge in [-0.3, -0.25) is 4.79 Å². The average molecular weight is 400 g/mol. The summed E-state index contributed by atoms with van der Waals surface area (Å²) in [6.07, 6.45) is -3.16. The van der Waals surface area contributed by atoms with Crippen molar-refractivity contribution in [2.24, 2.45) is 5.10 Å². The van der Waals surface area contributed by atoms with Gasteiger partial charge in [-0.2, -0.15) is 18.3 Å². The molecule has 7 nitrogen and oxygen atoms in total. The number of nitrogens with one attached hydrogen (secondary N) is 3. The molecule has 0 saturated carbocycles. The molecule has 27 heavy (non-hydrogen) atoms.